The van der Waals surface area contributed by atoms with Crippen LogP contribution in [0.2, 0.25) is 0 Å². The summed E-state index contributed by atoms with van der Waals surface area (Å²) in [5.41, 5.74) is 6.51. The summed E-state index contributed by atoms with van der Waals surface area (Å²) in [5, 5.41) is 3.35. The van der Waals surface area contributed by atoms with E-state index in [4.69, 9.17) is 4.74 Å². The van der Waals surface area contributed by atoms with Crippen molar-refractivity contribution in [3.8, 4) is 22.6 Å². The number of rotatable bonds is 5. The van der Waals surface area contributed by atoms with Crippen LogP contribution in [0.15, 0.2) is 91.5 Å². The summed E-state index contributed by atoms with van der Waals surface area (Å²) >= 11 is 0. The average Bonchev–Trinajstić information content (AvgIpc) is 3.44. The number of nitrogens with one attached hydrogen (secondary N) is 3. The molecule has 7 nitrogen and oxygen atoms in total. The molecule has 0 unspecified atom stereocenters. The second-order valence-corrected chi connectivity index (χ2v) is 7.32. The number of aromatic nitrogens is 5. The highest BCUT2D eigenvalue weighted by molar-refractivity contribution is 5.99. The van der Waals surface area contributed by atoms with Gasteiger partial charge in [0.15, 0.2) is 0 Å². The van der Waals surface area contributed by atoms with Gasteiger partial charge in [-0.3, -0.25) is 9.97 Å². The van der Waals surface area contributed by atoms with Gasteiger partial charge in [-0.15, -0.1) is 0 Å². The normalized spacial score (nSPS) is 11.1. The van der Waals surface area contributed by atoms with Crippen LogP contribution in [0.4, 0.5) is 11.6 Å². The number of benzene rings is 2. The number of fused-ring (bicyclic) bond motifs is 2. The average molecular weight is 418 g/mol. The van der Waals surface area contributed by atoms with Crippen LogP contribution < -0.4 is 10.1 Å². The molecule has 0 fully saturated rings. The van der Waals surface area contributed by atoms with E-state index in [-0.39, 0.29) is 0 Å². The third-order valence-corrected chi connectivity index (χ3v) is 5.24. The maximum atomic E-state index is 5.92. The molecule has 0 aliphatic rings. The van der Waals surface area contributed by atoms with E-state index in [1.165, 1.54) is 0 Å². The SMILES string of the molecule is c1ccc(Oc2ccc3[nH]c(Nc4c[nH]c5c(-c6ccncc6)ccnc45)nc3c2)cc1. The summed E-state index contributed by atoms with van der Waals surface area (Å²) in [4.78, 5) is 20.0. The summed E-state index contributed by atoms with van der Waals surface area (Å²) < 4.78 is 5.92. The van der Waals surface area contributed by atoms with Crippen molar-refractivity contribution in [2.24, 2.45) is 0 Å². The molecule has 0 saturated carbocycles. The number of imidazole rings is 1. The first-order valence-corrected chi connectivity index (χ1v) is 10.2. The summed E-state index contributed by atoms with van der Waals surface area (Å²) in [6.45, 7) is 0. The molecule has 0 amide bonds. The highest BCUT2D eigenvalue weighted by Gasteiger charge is 2.12. The molecule has 154 valence electrons. The van der Waals surface area contributed by atoms with Crippen molar-refractivity contribution < 1.29 is 4.74 Å². The molecule has 7 heteroatoms. The summed E-state index contributed by atoms with van der Waals surface area (Å²) in [7, 11) is 0. The molecule has 4 heterocycles. The molecule has 6 aromatic rings. The molecule has 0 aliphatic carbocycles. The Morgan fingerprint density at radius 1 is 0.844 bits per heavy atom. The van der Waals surface area contributed by atoms with E-state index in [0.717, 1.165) is 50.4 Å². The topological polar surface area (TPSA) is 91.5 Å². The third kappa shape index (κ3) is 3.31. The van der Waals surface area contributed by atoms with Gasteiger partial charge < -0.3 is 20.0 Å². The fraction of sp³-hybridized carbons (Fsp3) is 0. The second kappa shape index (κ2) is 7.55. The second-order valence-electron chi connectivity index (χ2n) is 7.32. The number of hydrogen-bond acceptors (Lipinski definition) is 5. The largest absolute Gasteiger partial charge is 0.457 e. The van der Waals surface area contributed by atoms with Gasteiger partial charge in [0.25, 0.3) is 0 Å². The molecular formula is C25H18N6O. The Bertz CT molecular complexity index is 1520. The standard InChI is InChI=1S/C25H18N6O/c1-2-4-17(5-3-1)32-18-6-7-20-21(14-18)30-25(29-20)31-22-15-28-23-19(10-13-27-24(22)23)16-8-11-26-12-9-16/h1-15,28H,(H2,29,30,31). The maximum Gasteiger partial charge on any atom is 0.205 e. The zero-order chi connectivity index (χ0) is 21.3. The van der Waals surface area contributed by atoms with Crippen LogP contribution >= 0.6 is 0 Å². The van der Waals surface area contributed by atoms with E-state index in [1.54, 1.807) is 12.4 Å². The van der Waals surface area contributed by atoms with Crippen molar-refractivity contribution in [3.63, 3.8) is 0 Å². The van der Waals surface area contributed by atoms with Gasteiger partial charge in [-0.2, -0.15) is 0 Å². The molecule has 6 rings (SSSR count). The molecule has 4 aromatic heterocycles. The lowest BCUT2D eigenvalue weighted by atomic mass is 10.1. The molecular weight excluding hydrogens is 400 g/mol. The Morgan fingerprint density at radius 3 is 2.59 bits per heavy atom. The van der Waals surface area contributed by atoms with Crippen LogP contribution in [0.1, 0.15) is 0 Å². The first-order valence-electron chi connectivity index (χ1n) is 10.2. The van der Waals surface area contributed by atoms with Crippen molar-refractivity contribution in [1.29, 1.82) is 0 Å². The van der Waals surface area contributed by atoms with Crippen LogP contribution in [-0.2, 0) is 0 Å². The number of ether oxygens (including phenoxy) is 1. The van der Waals surface area contributed by atoms with Crippen LogP contribution in [0, 0.1) is 0 Å². The van der Waals surface area contributed by atoms with Crippen molar-refractivity contribution in [1.82, 2.24) is 24.9 Å². The van der Waals surface area contributed by atoms with Crippen LogP contribution in [0.3, 0.4) is 0 Å². The predicted octanol–water partition coefficient (Wildman–Crippen LogP) is 6.04. The predicted molar refractivity (Wildman–Crippen MR) is 125 cm³/mol. The first-order chi connectivity index (χ1) is 15.8. The molecule has 0 aliphatic heterocycles. The summed E-state index contributed by atoms with van der Waals surface area (Å²) in [6, 6.07) is 21.5. The van der Waals surface area contributed by atoms with Gasteiger partial charge in [0.05, 0.1) is 22.2 Å². The Hall–Kier alpha value is -4.65. The molecule has 0 atom stereocenters. The van der Waals surface area contributed by atoms with E-state index in [9.17, 15) is 0 Å². The Balaban J connectivity index is 1.31. The van der Waals surface area contributed by atoms with Crippen molar-refractivity contribution in [2.45, 2.75) is 0 Å². The van der Waals surface area contributed by atoms with Gasteiger partial charge in [-0.25, -0.2) is 4.98 Å². The highest BCUT2D eigenvalue weighted by Crippen LogP contribution is 2.32. The first kappa shape index (κ1) is 18.1. The fourth-order valence-corrected chi connectivity index (χ4v) is 3.75. The number of para-hydroxylation sites is 1. The zero-order valence-electron chi connectivity index (χ0n) is 16.9. The monoisotopic (exact) mass is 418 g/mol. The number of aromatic amines is 2. The molecule has 3 N–H and O–H groups in total. The van der Waals surface area contributed by atoms with Crippen LogP contribution in [0.5, 0.6) is 11.5 Å². The summed E-state index contributed by atoms with van der Waals surface area (Å²) in [5.74, 6) is 2.15. The molecule has 32 heavy (non-hydrogen) atoms. The molecule has 0 spiro atoms. The van der Waals surface area contributed by atoms with Crippen molar-refractivity contribution in [2.75, 3.05) is 5.32 Å². The minimum absolute atomic E-state index is 0.633. The fourth-order valence-electron chi connectivity index (χ4n) is 3.75. The lowest BCUT2D eigenvalue weighted by Gasteiger charge is -2.04. The lowest BCUT2D eigenvalue weighted by Crippen LogP contribution is -1.92. The van der Waals surface area contributed by atoms with E-state index in [2.05, 4.69) is 30.2 Å². The van der Waals surface area contributed by atoms with Gasteiger partial charge in [0, 0.05) is 36.4 Å². The van der Waals surface area contributed by atoms with E-state index in [0.29, 0.717) is 5.95 Å². The maximum absolute atomic E-state index is 5.92. The molecule has 0 radical (unpaired) electrons. The number of hydrogen-bond donors (Lipinski definition) is 3. The number of anilines is 2. The zero-order valence-corrected chi connectivity index (χ0v) is 16.9. The Labute approximate surface area is 183 Å². The Kier molecular flexibility index (Phi) is 4.28. The third-order valence-electron chi connectivity index (χ3n) is 5.24. The minimum atomic E-state index is 0.633. The molecule has 2 aromatic carbocycles. The summed E-state index contributed by atoms with van der Waals surface area (Å²) in [6.07, 6.45) is 7.28. The van der Waals surface area contributed by atoms with Crippen molar-refractivity contribution >= 4 is 33.7 Å². The lowest BCUT2D eigenvalue weighted by molar-refractivity contribution is 0.483. The van der Waals surface area contributed by atoms with Crippen LogP contribution in [0.25, 0.3) is 33.2 Å². The van der Waals surface area contributed by atoms with E-state index >= 15 is 0 Å². The van der Waals surface area contributed by atoms with Gasteiger partial charge >= 0.3 is 0 Å². The van der Waals surface area contributed by atoms with Crippen molar-refractivity contribution in [3.05, 3.63) is 91.5 Å². The van der Waals surface area contributed by atoms with Crippen LogP contribution in [-0.4, -0.2) is 24.9 Å². The quantitative estimate of drug-likeness (QED) is 0.318. The van der Waals surface area contributed by atoms with Gasteiger partial charge in [-0.05, 0) is 48.0 Å². The number of pyridine rings is 2. The smallest absolute Gasteiger partial charge is 0.205 e. The number of H-pyrrole nitrogens is 2. The highest BCUT2D eigenvalue weighted by atomic mass is 16.5. The minimum Gasteiger partial charge on any atom is -0.457 e. The van der Waals surface area contributed by atoms with Gasteiger partial charge in [0.2, 0.25) is 5.95 Å². The van der Waals surface area contributed by atoms with E-state index in [1.807, 2.05) is 79.1 Å². The van der Waals surface area contributed by atoms with E-state index < -0.39 is 0 Å². The molecule has 0 saturated heterocycles. The van der Waals surface area contributed by atoms with Gasteiger partial charge in [0.1, 0.15) is 17.0 Å². The van der Waals surface area contributed by atoms with Gasteiger partial charge in [-0.1, -0.05) is 18.2 Å². The number of nitrogens with zero attached hydrogens (tertiary/aromatic N) is 3. The Morgan fingerprint density at radius 2 is 1.72 bits per heavy atom. The molecule has 0 bridgehead atoms.